The summed E-state index contributed by atoms with van der Waals surface area (Å²) >= 11 is 0. The van der Waals surface area contributed by atoms with Gasteiger partial charge in [0.25, 0.3) is 0 Å². The molecule has 2 aliphatic heterocycles. The van der Waals surface area contributed by atoms with Gasteiger partial charge in [0.15, 0.2) is 9.84 Å². The van der Waals surface area contributed by atoms with Gasteiger partial charge in [0, 0.05) is 31.7 Å². The average Bonchev–Trinajstić information content (AvgIpc) is 2.74. The van der Waals surface area contributed by atoms with Crippen molar-refractivity contribution in [1.82, 2.24) is 9.80 Å². The minimum Gasteiger partial charge on any atom is -0.338 e. The second kappa shape index (κ2) is 7.68. The van der Waals surface area contributed by atoms with Crippen molar-refractivity contribution in [3.63, 3.8) is 0 Å². The van der Waals surface area contributed by atoms with E-state index in [0.29, 0.717) is 19.5 Å². The van der Waals surface area contributed by atoms with E-state index in [4.69, 9.17) is 5.73 Å². The maximum absolute atomic E-state index is 12.6. The molecule has 2 N–H and O–H groups in total. The van der Waals surface area contributed by atoms with Crippen molar-refractivity contribution in [2.75, 3.05) is 37.7 Å². The average molecular weight is 368 g/mol. The van der Waals surface area contributed by atoms with Gasteiger partial charge in [-0.05, 0) is 25.2 Å². The highest BCUT2D eigenvalue weighted by Crippen LogP contribution is 2.27. The van der Waals surface area contributed by atoms with Gasteiger partial charge in [0.1, 0.15) is 0 Å². The first kappa shape index (κ1) is 20.7. The Morgan fingerprint density at radius 2 is 2.00 bits per heavy atom. The smallest absolute Gasteiger partial charge is 0.237 e. The molecular formula is C15H30ClN3O3S. The van der Waals surface area contributed by atoms with E-state index in [9.17, 15) is 13.2 Å². The van der Waals surface area contributed by atoms with Crippen LogP contribution in [-0.4, -0.2) is 73.9 Å². The summed E-state index contributed by atoms with van der Waals surface area (Å²) in [6.07, 6.45) is 1.46. The van der Waals surface area contributed by atoms with Crippen LogP contribution in [0.15, 0.2) is 0 Å². The maximum atomic E-state index is 12.6. The SMILES string of the molecule is CCN(C(=O)CN1CCC(N)C(C)(C)C1)C1CCS(=O)(=O)C1.Cl. The Bertz CT molecular complexity index is 524. The Hall–Kier alpha value is -0.370. The highest BCUT2D eigenvalue weighted by atomic mass is 35.5. The summed E-state index contributed by atoms with van der Waals surface area (Å²) in [6.45, 7) is 8.75. The number of halogens is 1. The number of carbonyl (C=O) groups excluding carboxylic acids is 1. The molecule has 0 saturated carbocycles. The second-order valence-electron chi connectivity index (χ2n) is 7.33. The molecule has 1 amide bonds. The summed E-state index contributed by atoms with van der Waals surface area (Å²) in [5, 5.41) is 0. The van der Waals surface area contributed by atoms with Crippen LogP contribution in [0.3, 0.4) is 0 Å². The highest BCUT2D eigenvalue weighted by molar-refractivity contribution is 7.91. The van der Waals surface area contributed by atoms with E-state index >= 15 is 0 Å². The first-order valence-corrected chi connectivity index (χ1v) is 9.94. The number of likely N-dealkylation sites (tertiary alicyclic amines) is 1. The third-order valence-corrected chi connectivity index (χ3v) is 6.81. The van der Waals surface area contributed by atoms with Gasteiger partial charge in [-0.3, -0.25) is 9.69 Å². The lowest BCUT2D eigenvalue weighted by molar-refractivity contribution is -0.134. The molecule has 6 nitrogen and oxygen atoms in total. The molecular weight excluding hydrogens is 338 g/mol. The molecule has 2 rings (SSSR count). The molecule has 2 atom stereocenters. The van der Waals surface area contributed by atoms with Crippen LogP contribution in [-0.2, 0) is 14.6 Å². The molecule has 23 heavy (non-hydrogen) atoms. The first-order valence-electron chi connectivity index (χ1n) is 8.12. The molecule has 0 aliphatic carbocycles. The monoisotopic (exact) mass is 367 g/mol. The molecule has 2 heterocycles. The van der Waals surface area contributed by atoms with Crippen LogP contribution in [0.4, 0.5) is 0 Å². The molecule has 0 aromatic carbocycles. The Morgan fingerprint density at radius 1 is 1.35 bits per heavy atom. The van der Waals surface area contributed by atoms with Gasteiger partial charge in [-0.1, -0.05) is 13.8 Å². The summed E-state index contributed by atoms with van der Waals surface area (Å²) < 4.78 is 23.3. The zero-order chi connectivity index (χ0) is 16.5. The van der Waals surface area contributed by atoms with Gasteiger partial charge in [-0.15, -0.1) is 12.4 Å². The number of likely N-dealkylation sites (N-methyl/N-ethyl adjacent to an activating group) is 1. The first-order chi connectivity index (χ1) is 10.1. The van der Waals surface area contributed by atoms with E-state index in [0.717, 1.165) is 19.5 Å². The second-order valence-corrected chi connectivity index (χ2v) is 9.56. The molecule has 136 valence electrons. The normalized spacial score (nSPS) is 29.7. The standard InChI is InChI=1S/C15H29N3O3S.ClH/c1-4-18(12-6-8-22(20,21)10-12)14(19)9-17-7-5-13(16)15(2,3)11-17;/h12-13H,4-11,16H2,1-3H3;1H. The third-order valence-electron chi connectivity index (χ3n) is 5.06. The minimum atomic E-state index is -2.97. The number of hydrogen-bond acceptors (Lipinski definition) is 5. The van der Waals surface area contributed by atoms with Crippen LogP contribution >= 0.6 is 12.4 Å². The predicted molar refractivity (Wildman–Crippen MR) is 94.5 cm³/mol. The number of piperidine rings is 1. The lowest BCUT2D eigenvalue weighted by atomic mass is 9.80. The van der Waals surface area contributed by atoms with E-state index in [1.165, 1.54) is 0 Å². The largest absolute Gasteiger partial charge is 0.338 e. The molecule has 2 fully saturated rings. The van der Waals surface area contributed by atoms with E-state index in [1.54, 1.807) is 4.90 Å². The fourth-order valence-corrected chi connectivity index (χ4v) is 5.29. The molecule has 0 aromatic rings. The summed E-state index contributed by atoms with van der Waals surface area (Å²) in [5.41, 5.74) is 6.14. The number of rotatable bonds is 4. The zero-order valence-electron chi connectivity index (χ0n) is 14.3. The number of carbonyl (C=O) groups is 1. The van der Waals surface area contributed by atoms with Crippen molar-refractivity contribution in [3.05, 3.63) is 0 Å². The van der Waals surface area contributed by atoms with Gasteiger partial charge in [0.2, 0.25) is 5.91 Å². The molecule has 0 spiro atoms. The quantitative estimate of drug-likeness (QED) is 0.782. The maximum Gasteiger partial charge on any atom is 0.237 e. The zero-order valence-corrected chi connectivity index (χ0v) is 16.0. The van der Waals surface area contributed by atoms with Crippen LogP contribution in [0.25, 0.3) is 0 Å². The molecule has 2 saturated heterocycles. The summed E-state index contributed by atoms with van der Waals surface area (Å²) in [4.78, 5) is 16.5. The van der Waals surface area contributed by atoms with Crippen LogP contribution in [0.2, 0.25) is 0 Å². The topological polar surface area (TPSA) is 83.7 Å². The van der Waals surface area contributed by atoms with Gasteiger partial charge >= 0.3 is 0 Å². The van der Waals surface area contributed by atoms with Crippen LogP contribution < -0.4 is 5.73 Å². The number of amides is 1. The summed E-state index contributed by atoms with van der Waals surface area (Å²) in [6, 6.07) is 0.0173. The van der Waals surface area contributed by atoms with Crippen molar-refractivity contribution in [2.45, 2.75) is 45.7 Å². The highest BCUT2D eigenvalue weighted by Gasteiger charge is 2.37. The van der Waals surface area contributed by atoms with Crippen LogP contribution in [0.5, 0.6) is 0 Å². The lowest BCUT2D eigenvalue weighted by Crippen LogP contribution is -2.55. The Labute approximate surface area is 146 Å². The molecule has 2 aliphatic rings. The molecule has 0 bridgehead atoms. The molecule has 0 radical (unpaired) electrons. The predicted octanol–water partition coefficient (Wildman–Crippen LogP) is 0.503. The number of hydrogen-bond donors (Lipinski definition) is 1. The fourth-order valence-electron chi connectivity index (χ4n) is 3.56. The Kier molecular flexibility index (Phi) is 6.90. The summed E-state index contributed by atoms with van der Waals surface area (Å²) in [7, 11) is -2.97. The molecule has 8 heteroatoms. The summed E-state index contributed by atoms with van der Waals surface area (Å²) in [5.74, 6) is 0.353. The molecule has 2 unspecified atom stereocenters. The molecule has 0 aromatic heterocycles. The van der Waals surface area contributed by atoms with E-state index in [2.05, 4.69) is 18.7 Å². The van der Waals surface area contributed by atoms with Crippen molar-refractivity contribution >= 4 is 28.2 Å². The third kappa shape index (κ3) is 5.05. The van der Waals surface area contributed by atoms with E-state index in [-0.39, 0.29) is 47.3 Å². The number of nitrogens with two attached hydrogens (primary N) is 1. The van der Waals surface area contributed by atoms with Gasteiger partial charge < -0.3 is 10.6 Å². The van der Waals surface area contributed by atoms with Gasteiger partial charge in [-0.2, -0.15) is 0 Å². The Morgan fingerprint density at radius 3 is 2.48 bits per heavy atom. The number of nitrogens with zero attached hydrogens (tertiary/aromatic N) is 2. The van der Waals surface area contributed by atoms with Crippen LogP contribution in [0, 0.1) is 5.41 Å². The number of sulfone groups is 1. The fraction of sp³-hybridized carbons (Fsp3) is 0.933. The van der Waals surface area contributed by atoms with Crippen molar-refractivity contribution in [3.8, 4) is 0 Å². The minimum absolute atomic E-state index is 0. The van der Waals surface area contributed by atoms with Gasteiger partial charge in [-0.25, -0.2) is 8.42 Å². The van der Waals surface area contributed by atoms with Crippen molar-refractivity contribution in [2.24, 2.45) is 11.1 Å². The van der Waals surface area contributed by atoms with Crippen molar-refractivity contribution < 1.29 is 13.2 Å². The lowest BCUT2D eigenvalue weighted by Gasteiger charge is -2.43. The Balaban J connectivity index is 0.00000264. The van der Waals surface area contributed by atoms with Crippen molar-refractivity contribution in [1.29, 1.82) is 0 Å². The van der Waals surface area contributed by atoms with Crippen LogP contribution in [0.1, 0.15) is 33.6 Å². The van der Waals surface area contributed by atoms with E-state index in [1.807, 2.05) is 6.92 Å². The van der Waals surface area contributed by atoms with Gasteiger partial charge in [0.05, 0.1) is 18.1 Å². The van der Waals surface area contributed by atoms with E-state index < -0.39 is 9.84 Å².